The standard InChI is InChI=1S/C20H24N4O3/c25-18-14-24(13-16(18)11-17-3-1-2-5-21-17)19-12-15(4-6-22-19)20(26)23-7-9-27-10-8-23/h1-6,12,16,18,25H,7-11,13-14H2/t16-,18-/m1/s1. The van der Waals surface area contributed by atoms with Gasteiger partial charge in [-0.15, -0.1) is 0 Å². The number of hydrogen-bond acceptors (Lipinski definition) is 6. The number of anilines is 1. The third kappa shape index (κ3) is 4.09. The van der Waals surface area contributed by atoms with Crippen molar-refractivity contribution in [3.63, 3.8) is 0 Å². The summed E-state index contributed by atoms with van der Waals surface area (Å²) in [7, 11) is 0. The molecule has 7 nitrogen and oxygen atoms in total. The van der Waals surface area contributed by atoms with Gasteiger partial charge in [0.25, 0.3) is 5.91 Å². The third-order valence-corrected chi connectivity index (χ3v) is 5.22. The monoisotopic (exact) mass is 368 g/mol. The van der Waals surface area contributed by atoms with Crippen molar-refractivity contribution in [1.29, 1.82) is 0 Å². The van der Waals surface area contributed by atoms with E-state index in [0.29, 0.717) is 45.0 Å². The highest BCUT2D eigenvalue weighted by Crippen LogP contribution is 2.26. The average Bonchev–Trinajstić information content (AvgIpc) is 3.09. The SMILES string of the molecule is O=C(c1ccnc(N2C[C@@H](Cc3ccccn3)[C@H](O)C2)c1)N1CCOCC1. The molecule has 0 unspecified atom stereocenters. The molecule has 0 aromatic carbocycles. The van der Waals surface area contributed by atoms with E-state index in [1.165, 1.54) is 0 Å². The Bertz CT molecular complexity index is 780. The average molecular weight is 368 g/mol. The largest absolute Gasteiger partial charge is 0.391 e. The van der Waals surface area contributed by atoms with Crippen LogP contribution >= 0.6 is 0 Å². The first-order valence-corrected chi connectivity index (χ1v) is 9.37. The number of aliphatic hydroxyl groups is 1. The minimum absolute atomic E-state index is 0.00623. The summed E-state index contributed by atoms with van der Waals surface area (Å²) >= 11 is 0. The maximum Gasteiger partial charge on any atom is 0.254 e. The van der Waals surface area contributed by atoms with Gasteiger partial charge in [0.1, 0.15) is 5.82 Å². The van der Waals surface area contributed by atoms with Crippen LogP contribution in [0.5, 0.6) is 0 Å². The van der Waals surface area contributed by atoms with E-state index < -0.39 is 6.10 Å². The van der Waals surface area contributed by atoms with Crippen molar-refractivity contribution >= 4 is 11.7 Å². The van der Waals surface area contributed by atoms with Crippen LogP contribution in [0.4, 0.5) is 5.82 Å². The van der Waals surface area contributed by atoms with Gasteiger partial charge in [-0.3, -0.25) is 9.78 Å². The Balaban J connectivity index is 1.45. The second-order valence-electron chi connectivity index (χ2n) is 7.06. The molecule has 0 saturated carbocycles. The van der Waals surface area contributed by atoms with Gasteiger partial charge >= 0.3 is 0 Å². The summed E-state index contributed by atoms with van der Waals surface area (Å²) in [4.78, 5) is 25.4. The first kappa shape index (κ1) is 17.9. The lowest BCUT2D eigenvalue weighted by Gasteiger charge is -2.27. The molecule has 2 aromatic heterocycles. The van der Waals surface area contributed by atoms with E-state index in [9.17, 15) is 9.90 Å². The van der Waals surface area contributed by atoms with Gasteiger partial charge in [0, 0.05) is 55.7 Å². The van der Waals surface area contributed by atoms with Crippen molar-refractivity contribution in [3.8, 4) is 0 Å². The van der Waals surface area contributed by atoms with Gasteiger partial charge in [0.2, 0.25) is 0 Å². The number of amides is 1. The molecule has 1 N–H and O–H groups in total. The van der Waals surface area contributed by atoms with Gasteiger partial charge in [-0.1, -0.05) is 6.07 Å². The van der Waals surface area contributed by atoms with Crippen LogP contribution in [0.15, 0.2) is 42.7 Å². The van der Waals surface area contributed by atoms with E-state index in [1.54, 1.807) is 18.5 Å². The van der Waals surface area contributed by atoms with E-state index in [-0.39, 0.29) is 11.8 Å². The number of carbonyl (C=O) groups is 1. The molecular formula is C20H24N4O3. The number of aromatic nitrogens is 2. The number of hydrogen-bond donors (Lipinski definition) is 1. The van der Waals surface area contributed by atoms with E-state index in [1.807, 2.05) is 34.1 Å². The highest BCUT2D eigenvalue weighted by molar-refractivity contribution is 5.95. The van der Waals surface area contributed by atoms with Crippen molar-refractivity contribution < 1.29 is 14.6 Å². The molecule has 2 aromatic rings. The van der Waals surface area contributed by atoms with Crippen LogP contribution < -0.4 is 4.90 Å². The van der Waals surface area contributed by atoms with Crippen molar-refractivity contribution in [3.05, 3.63) is 54.0 Å². The number of morpholine rings is 1. The number of aliphatic hydroxyl groups excluding tert-OH is 1. The predicted molar refractivity (Wildman–Crippen MR) is 101 cm³/mol. The Morgan fingerprint density at radius 3 is 2.78 bits per heavy atom. The number of carbonyl (C=O) groups excluding carboxylic acids is 1. The summed E-state index contributed by atoms with van der Waals surface area (Å²) in [5.74, 6) is 0.837. The molecule has 4 rings (SSSR count). The molecule has 2 fully saturated rings. The van der Waals surface area contributed by atoms with Crippen LogP contribution in [0.1, 0.15) is 16.1 Å². The van der Waals surface area contributed by atoms with Crippen molar-refractivity contribution in [1.82, 2.24) is 14.9 Å². The molecule has 0 radical (unpaired) electrons. The van der Waals surface area contributed by atoms with Crippen molar-refractivity contribution in [2.75, 3.05) is 44.3 Å². The molecule has 0 bridgehead atoms. The molecule has 7 heteroatoms. The van der Waals surface area contributed by atoms with Gasteiger partial charge in [-0.2, -0.15) is 0 Å². The first-order chi connectivity index (χ1) is 13.2. The van der Waals surface area contributed by atoms with Crippen LogP contribution in [0.25, 0.3) is 0 Å². The molecule has 2 aliphatic rings. The normalized spacial score (nSPS) is 22.9. The fourth-order valence-corrected chi connectivity index (χ4v) is 3.70. The molecule has 27 heavy (non-hydrogen) atoms. The zero-order valence-corrected chi connectivity index (χ0v) is 15.2. The third-order valence-electron chi connectivity index (χ3n) is 5.22. The molecular weight excluding hydrogens is 344 g/mol. The van der Waals surface area contributed by atoms with Crippen molar-refractivity contribution in [2.24, 2.45) is 5.92 Å². The Morgan fingerprint density at radius 2 is 2.00 bits per heavy atom. The summed E-state index contributed by atoms with van der Waals surface area (Å²) in [6.07, 6.45) is 3.73. The van der Waals surface area contributed by atoms with Gasteiger partial charge in [0.15, 0.2) is 0 Å². The zero-order valence-electron chi connectivity index (χ0n) is 15.2. The minimum atomic E-state index is -0.438. The quantitative estimate of drug-likeness (QED) is 0.867. The number of β-amino-alcohol motifs (C(OH)–C–C–N with tert-alkyl or cyclic N) is 1. The summed E-state index contributed by atoms with van der Waals surface area (Å²) in [6.45, 7) is 3.60. The van der Waals surface area contributed by atoms with Gasteiger partial charge < -0.3 is 19.6 Å². The predicted octanol–water partition coefficient (Wildman–Crippen LogP) is 0.989. The molecule has 0 aliphatic carbocycles. The Hall–Kier alpha value is -2.51. The first-order valence-electron chi connectivity index (χ1n) is 9.37. The fraction of sp³-hybridized carbons (Fsp3) is 0.450. The number of pyridine rings is 2. The lowest BCUT2D eigenvalue weighted by Crippen LogP contribution is -2.40. The topological polar surface area (TPSA) is 78.8 Å². The zero-order chi connectivity index (χ0) is 18.6. The lowest BCUT2D eigenvalue weighted by atomic mass is 10.00. The maximum atomic E-state index is 12.7. The van der Waals surface area contributed by atoms with E-state index in [0.717, 1.165) is 17.9 Å². The smallest absolute Gasteiger partial charge is 0.254 e. The van der Waals surface area contributed by atoms with Crippen LogP contribution in [0.3, 0.4) is 0 Å². The van der Waals surface area contributed by atoms with Gasteiger partial charge in [-0.25, -0.2) is 4.98 Å². The summed E-state index contributed by atoms with van der Waals surface area (Å²) in [5, 5.41) is 10.5. The molecule has 1 amide bonds. The molecule has 2 atom stereocenters. The molecule has 142 valence electrons. The Labute approximate surface area is 158 Å². The minimum Gasteiger partial charge on any atom is -0.391 e. The van der Waals surface area contributed by atoms with Crippen LogP contribution in [-0.2, 0) is 11.2 Å². The Kier molecular flexibility index (Phi) is 5.31. The lowest BCUT2D eigenvalue weighted by molar-refractivity contribution is 0.0303. The van der Waals surface area contributed by atoms with E-state index >= 15 is 0 Å². The fourth-order valence-electron chi connectivity index (χ4n) is 3.70. The second kappa shape index (κ2) is 8.02. The van der Waals surface area contributed by atoms with Gasteiger partial charge in [0.05, 0.1) is 19.3 Å². The summed E-state index contributed by atoms with van der Waals surface area (Å²) in [5.41, 5.74) is 1.61. The van der Waals surface area contributed by atoms with Crippen LogP contribution in [0, 0.1) is 5.92 Å². The number of ether oxygens (including phenoxy) is 1. The highest BCUT2D eigenvalue weighted by Gasteiger charge is 2.32. The van der Waals surface area contributed by atoms with E-state index in [4.69, 9.17) is 4.74 Å². The number of nitrogens with zero attached hydrogens (tertiary/aromatic N) is 4. The maximum absolute atomic E-state index is 12.7. The highest BCUT2D eigenvalue weighted by atomic mass is 16.5. The second-order valence-corrected chi connectivity index (χ2v) is 7.06. The van der Waals surface area contributed by atoms with Crippen molar-refractivity contribution in [2.45, 2.75) is 12.5 Å². The Morgan fingerprint density at radius 1 is 1.15 bits per heavy atom. The molecule has 2 saturated heterocycles. The summed E-state index contributed by atoms with van der Waals surface area (Å²) in [6, 6.07) is 9.41. The molecule has 4 heterocycles. The van der Waals surface area contributed by atoms with Crippen LogP contribution in [-0.4, -0.2) is 71.4 Å². The van der Waals surface area contributed by atoms with E-state index in [2.05, 4.69) is 9.97 Å². The van der Waals surface area contributed by atoms with Gasteiger partial charge in [-0.05, 0) is 30.7 Å². The number of rotatable bonds is 4. The summed E-state index contributed by atoms with van der Waals surface area (Å²) < 4.78 is 5.32. The molecule has 2 aliphatic heterocycles. The van der Waals surface area contributed by atoms with Crippen LogP contribution in [0.2, 0.25) is 0 Å². The molecule has 0 spiro atoms.